The molecule has 0 radical (unpaired) electrons. The van der Waals surface area contributed by atoms with Crippen molar-refractivity contribution >= 4 is 29.0 Å². The Balaban J connectivity index is 1.68. The average Bonchev–Trinajstić information content (AvgIpc) is 3.22. The second kappa shape index (κ2) is 6.86. The lowest BCUT2D eigenvalue weighted by molar-refractivity contribution is -0.689. The van der Waals surface area contributed by atoms with Crippen molar-refractivity contribution in [1.29, 1.82) is 0 Å². The molecule has 0 aliphatic carbocycles. The molecular weight excluding hydrogens is 374 g/mol. The number of benzene rings is 2. The number of hydrogen-bond acceptors (Lipinski definition) is 1. The topological polar surface area (TPSA) is 25.9 Å². The number of ketones is 1. The Morgan fingerprint density at radius 3 is 2.62 bits per heavy atom. The first-order valence-electron chi connectivity index (χ1n) is 8.39. The fourth-order valence-corrected chi connectivity index (χ4v) is 3.71. The van der Waals surface area contributed by atoms with Crippen molar-refractivity contribution in [2.45, 2.75) is 25.9 Å². The van der Waals surface area contributed by atoms with Crippen LogP contribution in [0.3, 0.4) is 0 Å². The van der Waals surface area contributed by atoms with E-state index in [1.54, 1.807) is 6.07 Å². The van der Waals surface area contributed by atoms with Gasteiger partial charge < -0.3 is 0 Å². The molecule has 0 bridgehead atoms. The largest absolute Gasteiger partial charge is 0.290 e. The molecule has 0 N–H and O–H groups in total. The predicted octanol–water partition coefficient (Wildman–Crippen LogP) is 4.72. The third-order valence-corrected chi connectivity index (χ3v) is 5.43. The molecule has 0 atom stereocenters. The van der Waals surface area contributed by atoms with Crippen LogP contribution in [-0.4, -0.2) is 10.4 Å². The van der Waals surface area contributed by atoms with Gasteiger partial charge in [0.2, 0.25) is 5.78 Å². The van der Waals surface area contributed by atoms with Crippen LogP contribution in [0, 0.1) is 5.82 Å². The van der Waals surface area contributed by atoms with E-state index in [0.717, 1.165) is 36.5 Å². The van der Waals surface area contributed by atoms with Crippen molar-refractivity contribution in [3.8, 4) is 11.3 Å². The van der Waals surface area contributed by atoms with E-state index < -0.39 is 0 Å². The number of carbonyl (C=O) groups is 1. The summed E-state index contributed by atoms with van der Waals surface area (Å²) in [6.07, 6.45) is 3.93. The van der Waals surface area contributed by atoms with E-state index in [1.165, 1.54) is 24.3 Å². The van der Waals surface area contributed by atoms with Crippen LogP contribution in [0.15, 0.2) is 48.7 Å². The van der Waals surface area contributed by atoms with Crippen LogP contribution in [0.2, 0.25) is 10.0 Å². The summed E-state index contributed by atoms with van der Waals surface area (Å²) in [7, 11) is 0. The van der Waals surface area contributed by atoms with E-state index in [-0.39, 0.29) is 18.1 Å². The fraction of sp³-hybridized carbons (Fsp3) is 0.200. The van der Waals surface area contributed by atoms with Crippen LogP contribution in [0.5, 0.6) is 0 Å². The van der Waals surface area contributed by atoms with Gasteiger partial charge in [0.15, 0.2) is 12.2 Å². The first-order valence-corrected chi connectivity index (χ1v) is 9.14. The quantitative estimate of drug-likeness (QED) is 0.468. The normalized spacial score (nSPS) is 13.0. The molecule has 0 amide bonds. The molecule has 0 saturated heterocycles. The van der Waals surface area contributed by atoms with Crippen molar-refractivity contribution in [3.63, 3.8) is 0 Å². The summed E-state index contributed by atoms with van der Waals surface area (Å²) in [4.78, 5) is 12.6. The van der Waals surface area contributed by atoms with Crippen molar-refractivity contribution in [1.82, 2.24) is 4.57 Å². The Hall–Kier alpha value is -2.17. The van der Waals surface area contributed by atoms with Gasteiger partial charge in [-0.1, -0.05) is 23.2 Å². The van der Waals surface area contributed by atoms with Gasteiger partial charge in [-0.25, -0.2) is 13.5 Å². The number of imidazole rings is 1. The lowest BCUT2D eigenvalue weighted by atomic mass is 10.1. The number of halogens is 3. The van der Waals surface area contributed by atoms with E-state index >= 15 is 0 Å². The smallest absolute Gasteiger partial charge is 0.257 e. The molecule has 0 saturated carbocycles. The van der Waals surface area contributed by atoms with Gasteiger partial charge in [0.25, 0.3) is 5.82 Å². The van der Waals surface area contributed by atoms with Gasteiger partial charge in [-0.2, -0.15) is 0 Å². The molecule has 0 fully saturated rings. The van der Waals surface area contributed by atoms with Gasteiger partial charge in [0.05, 0.1) is 23.0 Å². The van der Waals surface area contributed by atoms with Crippen LogP contribution in [0.4, 0.5) is 4.39 Å². The van der Waals surface area contributed by atoms with Crippen LogP contribution in [0.25, 0.3) is 11.3 Å². The van der Waals surface area contributed by atoms with E-state index in [2.05, 4.69) is 4.57 Å². The van der Waals surface area contributed by atoms with Gasteiger partial charge in [0.1, 0.15) is 12.0 Å². The predicted molar refractivity (Wildman–Crippen MR) is 99.1 cm³/mol. The lowest BCUT2D eigenvalue weighted by Crippen LogP contribution is -2.40. The molecule has 1 aliphatic heterocycles. The lowest BCUT2D eigenvalue weighted by Gasteiger charge is -2.01. The maximum atomic E-state index is 13.1. The highest BCUT2D eigenvalue weighted by atomic mass is 35.5. The number of aromatic nitrogens is 2. The van der Waals surface area contributed by atoms with Crippen LogP contribution in [0.1, 0.15) is 22.6 Å². The minimum atomic E-state index is -0.346. The molecule has 2 aromatic carbocycles. The van der Waals surface area contributed by atoms with Gasteiger partial charge in [-0.05, 0) is 48.9 Å². The monoisotopic (exact) mass is 389 g/mol. The van der Waals surface area contributed by atoms with Crippen molar-refractivity contribution < 1.29 is 13.8 Å². The zero-order valence-electron chi connectivity index (χ0n) is 13.9. The summed E-state index contributed by atoms with van der Waals surface area (Å²) < 4.78 is 17.3. The number of carbonyl (C=O) groups excluding carboxylic acids is 1. The van der Waals surface area contributed by atoms with Crippen LogP contribution < -0.4 is 4.57 Å². The van der Waals surface area contributed by atoms with E-state index in [1.807, 2.05) is 22.9 Å². The Kier molecular flexibility index (Phi) is 4.55. The molecule has 6 heteroatoms. The SMILES string of the molecule is O=C(C[n+]1cc(-c2ccc(Cl)c(Cl)c2)n2c1CCC2)c1ccc(F)cc1. The highest BCUT2D eigenvalue weighted by Gasteiger charge is 2.30. The van der Waals surface area contributed by atoms with Crippen LogP contribution in [-0.2, 0) is 19.5 Å². The first kappa shape index (κ1) is 17.3. The zero-order valence-corrected chi connectivity index (χ0v) is 15.4. The maximum absolute atomic E-state index is 13.1. The minimum Gasteiger partial charge on any atom is -0.290 e. The molecule has 1 aromatic heterocycles. The van der Waals surface area contributed by atoms with Gasteiger partial charge in [-0.15, -0.1) is 0 Å². The Bertz CT molecular complexity index is 996. The second-order valence-electron chi connectivity index (χ2n) is 6.37. The zero-order chi connectivity index (χ0) is 18.3. The van der Waals surface area contributed by atoms with E-state index in [0.29, 0.717) is 15.6 Å². The van der Waals surface area contributed by atoms with E-state index in [9.17, 15) is 9.18 Å². The Morgan fingerprint density at radius 1 is 1.12 bits per heavy atom. The average molecular weight is 390 g/mol. The summed E-state index contributed by atoms with van der Waals surface area (Å²) in [5.74, 6) is 0.721. The van der Waals surface area contributed by atoms with E-state index in [4.69, 9.17) is 23.2 Å². The summed E-state index contributed by atoms with van der Waals surface area (Å²) in [6.45, 7) is 1.13. The Morgan fingerprint density at radius 2 is 1.88 bits per heavy atom. The van der Waals surface area contributed by atoms with Gasteiger partial charge in [-0.3, -0.25) is 4.79 Å². The molecule has 0 unspecified atom stereocenters. The summed E-state index contributed by atoms with van der Waals surface area (Å²) in [6, 6.07) is 11.2. The number of rotatable bonds is 4. The van der Waals surface area contributed by atoms with Crippen molar-refractivity contribution in [2.75, 3.05) is 0 Å². The number of fused-ring (bicyclic) bond motifs is 1. The van der Waals surface area contributed by atoms with Crippen LogP contribution >= 0.6 is 23.2 Å². The van der Waals surface area contributed by atoms with Crippen molar-refractivity contribution in [2.24, 2.45) is 0 Å². The third-order valence-electron chi connectivity index (χ3n) is 4.69. The Labute approximate surface area is 160 Å². The standard InChI is InChI=1S/C20H16Cl2FN2O/c21-16-8-5-14(10-17(16)22)18-11-24(20-2-1-9-25(18)20)12-19(26)13-3-6-15(23)7-4-13/h3-8,10-11H,1-2,9,12H2/q+1. The maximum Gasteiger partial charge on any atom is 0.257 e. The third kappa shape index (κ3) is 3.15. The fourth-order valence-electron chi connectivity index (χ4n) is 3.41. The molecule has 2 heterocycles. The molecule has 132 valence electrons. The van der Waals surface area contributed by atoms with Gasteiger partial charge >= 0.3 is 0 Å². The molecule has 0 spiro atoms. The number of nitrogens with zero attached hydrogens (tertiary/aromatic N) is 2. The number of Topliss-reactive ketones (excluding diaryl/α,β-unsaturated/α-hetero) is 1. The first-order chi connectivity index (χ1) is 12.5. The molecule has 26 heavy (non-hydrogen) atoms. The molecule has 1 aliphatic rings. The molecule has 3 aromatic rings. The van der Waals surface area contributed by atoms with Gasteiger partial charge in [0, 0.05) is 11.1 Å². The minimum absolute atomic E-state index is 0.0454. The summed E-state index contributed by atoms with van der Waals surface area (Å²) >= 11 is 12.2. The molecular formula is C20H16Cl2FN2O+. The highest BCUT2D eigenvalue weighted by Crippen LogP contribution is 2.30. The molecule has 3 nitrogen and oxygen atoms in total. The summed E-state index contributed by atoms with van der Waals surface area (Å²) in [5, 5.41) is 1.02. The highest BCUT2D eigenvalue weighted by molar-refractivity contribution is 6.42. The summed E-state index contributed by atoms with van der Waals surface area (Å²) in [5.41, 5.74) is 2.49. The van der Waals surface area contributed by atoms with Crippen molar-refractivity contribution in [3.05, 3.63) is 75.9 Å². The number of hydrogen-bond donors (Lipinski definition) is 0. The second-order valence-corrected chi connectivity index (χ2v) is 7.19. The molecule has 4 rings (SSSR count).